The molecular weight excluding hydrogens is 346 g/mol. The van der Waals surface area contributed by atoms with Gasteiger partial charge < -0.3 is 15.1 Å². The Balaban J connectivity index is 1.44. The van der Waals surface area contributed by atoms with Gasteiger partial charge in [-0.2, -0.15) is 0 Å². The topological polar surface area (TPSA) is 36.8 Å². The van der Waals surface area contributed by atoms with Crippen LogP contribution in [0.3, 0.4) is 0 Å². The van der Waals surface area contributed by atoms with Crippen molar-refractivity contribution in [3.8, 4) is 0 Å². The van der Waals surface area contributed by atoms with E-state index in [1.54, 1.807) is 0 Å². The second-order valence-electron chi connectivity index (χ2n) is 8.38. The SMILES string of the molecule is CC(C)Cc1ccc([C@H](C)NC(=O)C[NH+]2CCN(c3ccccc3)CC2)cc1. The smallest absolute Gasteiger partial charge is 0.275 e. The lowest BCUT2D eigenvalue weighted by molar-refractivity contribution is -0.892. The number of para-hydroxylation sites is 1. The number of hydrogen-bond acceptors (Lipinski definition) is 2. The minimum absolute atomic E-state index is 0.0469. The number of carbonyl (C=O) groups is 1. The van der Waals surface area contributed by atoms with Crippen molar-refractivity contribution in [2.45, 2.75) is 33.2 Å². The summed E-state index contributed by atoms with van der Waals surface area (Å²) in [7, 11) is 0. The third kappa shape index (κ3) is 5.83. The highest BCUT2D eigenvalue weighted by molar-refractivity contribution is 5.77. The van der Waals surface area contributed by atoms with Gasteiger partial charge in [-0.05, 0) is 42.5 Å². The van der Waals surface area contributed by atoms with E-state index in [0.717, 1.165) is 32.6 Å². The molecule has 1 saturated heterocycles. The van der Waals surface area contributed by atoms with Crippen molar-refractivity contribution in [3.63, 3.8) is 0 Å². The number of benzene rings is 2. The Labute approximate surface area is 169 Å². The number of hydrogen-bond donors (Lipinski definition) is 2. The number of piperazine rings is 1. The van der Waals surface area contributed by atoms with E-state index in [0.29, 0.717) is 12.5 Å². The van der Waals surface area contributed by atoms with Crippen molar-refractivity contribution in [2.24, 2.45) is 5.92 Å². The van der Waals surface area contributed by atoms with Crippen LogP contribution in [-0.4, -0.2) is 38.6 Å². The number of carbonyl (C=O) groups excluding carboxylic acids is 1. The van der Waals surface area contributed by atoms with Gasteiger partial charge in [0, 0.05) is 5.69 Å². The molecule has 1 aliphatic rings. The molecule has 2 aromatic rings. The van der Waals surface area contributed by atoms with Crippen molar-refractivity contribution in [1.29, 1.82) is 0 Å². The van der Waals surface area contributed by atoms with Gasteiger partial charge in [-0.25, -0.2) is 0 Å². The number of quaternary nitrogens is 1. The van der Waals surface area contributed by atoms with Crippen molar-refractivity contribution in [2.75, 3.05) is 37.6 Å². The Morgan fingerprint density at radius 1 is 1.00 bits per heavy atom. The monoisotopic (exact) mass is 380 g/mol. The molecule has 0 unspecified atom stereocenters. The molecule has 2 N–H and O–H groups in total. The van der Waals surface area contributed by atoms with Crippen LogP contribution < -0.4 is 15.1 Å². The van der Waals surface area contributed by atoms with Crippen molar-refractivity contribution in [1.82, 2.24) is 5.32 Å². The highest BCUT2D eigenvalue weighted by Gasteiger charge is 2.23. The lowest BCUT2D eigenvalue weighted by atomic mass is 10.00. The largest absolute Gasteiger partial charge is 0.360 e. The predicted molar refractivity (Wildman–Crippen MR) is 116 cm³/mol. The first-order valence-corrected chi connectivity index (χ1v) is 10.5. The zero-order valence-electron chi connectivity index (χ0n) is 17.4. The summed E-state index contributed by atoms with van der Waals surface area (Å²) in [4.78, 5) is 16.3. The maximum absolute atomic E-state index is 12.5. The van der Waals surface area contributed by atoms with Gasteiger partial charge in [0.2, 0.25) is 0 Å². The van der Waals surface area contributed by atoms with Crippen molar-refractivity contribution >= 4 is 11.6 Å². The molecule has 3 rings (SSSR count). The van der Waals surface area contributed by atoms with E-state index in [1.807, 2.05) is 6.07 Å². The number of nitrogens with one attached hydrogen (secondary N) is 2. The van der Waals surface area contributed by atoms with E-state index in [1.165, 1.54) is 21.7 Å². The van der Waals surface area contributed by atoms with E-state index in [2.05, 4.69) is 79.5 Å². The molecule has 28 heavy (non-hydrogen) atoms. The minimum atomic E-state index is 0.0469. The Morgan fingerprint density at radius 3 is 2.25 bits per heavy atom. The molecule has 0 saturated carbocycles. The fourth-order valence-electron chi connectivity index (χ4n) is 3.91. The minimum Gasteiger partial charge on any atom is -0.360 e. The maximum atomic E-state index is 12.5. The van der Waals surface area contributed by atoms with Gasteiger partial charge in [-0.1, -0.05) is 56.3 Å². The number of nitrogens with zero attached hydrogens (tertiary/aromatic N) is 1. The average Bonchev–Trinajstić information content (AvgIpc) is 2.69. The summed E-state index contributed by atoms with van der Waals surface area (Å²) < 4.78 is 0. The van der Waals surface area contributed by atoms with E-state index < -0.39 is 0 Å². The Bertz CT molecular complexity index is 734. The highest BCUT2D eigenvalue weighted by Crippen LogP contribution is 2.15. The van der Waals surface area contributed by atoms with Gasteiger partial charge in [0.25, 0.3) is 5.91 Å². The third-order valence-corrected chi connectivity index (χ3v) is 5.50. The first kappa shape index (κ1) is 20.4. The third-order valence-electron chi connectivity index (χ3n) is 5.50. The van der Waals surface area contributed by atoms with Gasteiger partial charge in [0.1, 0.15) is 0 Å². The lowest BCUT2D eigenvalue weighted by Gasteiger charge is -2.33. The molecular formula is C24H34N3O+. The van der Waals surface area contributed by atoms with Crippen molar-refractivity contribution < 1.29 is 9.69 Å². The van der Waals surface area contributed by atoms with E-state index in [9.17, 15) is 4.79 Å². The van der Waals surface area contributed by atoms with E-state index in [4.69, 9.17) is 0 Å². The van der Waals surface area contributed by atoms with Gasteiger partial charge in [-0.3, -0.25) is 4.79 Å². The lowest BCUT2D eigenvalue weighted by Crippen LogP contribution is -3.15. The standard InChI is InChI=1S/C24H33N3O/c1-19(2)17-21-9-11-22(12-10-21)20(3)25-24(28)18-26-13-15-27(16-14-26)23-7-5-4-6-8-23/h4-12,19-20H,13-18H2,1-3H3,(H,25,28)/p+1/t20-/m0/s1. The predicted octanol–water partition coefficient (Wildman–Crippen LogP) is 2.47. The summed E-state index contributed by atoms with van der Waals surface area (Å²) in [6.07, 6.45) is 1.10. The molecule has 1 fully saturated rings. The maximum Gasteiger partial charge on any atom is 0.275 e. The number of rotatable bonds is 7. The molecule has 150 valence electrons. The summed E-state index contributed by atoms with van der Waals surface area (Å²) in [5, 5.41) is 3.17. The fourth-order valence-corrected chi connectivity index (χ4v) is 3.91. The Morgan fingerprint density at radius 2 is 1.64 bits per heavy atom. The van der Waals surface area contributed by atoms with Crippen LogP contribution in [0.1, 0.15) is 37.9 Å². The Kier molecular flexibility index (Phi) is 7.10. The van der Waals surface area contributed by atoms with Crippen LogP contribution in [-0.2, 0) is 11.2 Å². The van der Waals surface area contributed by atoms with Gasteiger partial charge in [-0.15, -0.1) is 0 Å². The molecule has 0 spiro atoms. The van der Waals surface area contributed by atoms with Crippen molar-refractivity contribution in [3.05, 3.63) is 65.7 Å². The molecule has 4 nitrogen and oxygen atoms in total. The van der Waals surface area contributed by atoms with Crippen LogP contribution in [0.5, 0.6) is 0 Å². The normalized spacial score (nSPS) is 16.2. The van der Waals surface area contributed by atoms with Crippen LogP contribution in [0.15, 0.2) is 54.6 Å². The van der Waals surface area contributed by atoms with Gasteiger partial charge >= 0.3 is 0 Å². The number of anilines is 1. The Hall–Kier alpha value is -2.33. The molecule has 2 aromatic carbocycles. The van der Waals surface area contributed by atoms with Gasteiger partial charge in [0.05, 0.1) is 32.2 Å². The molecule has 0 aromatic heterocycles. The van der Waals surface area contributed by atoms with Crippen LogP contribution in [0.2, 0.25) is 0 Å². The summed E-state index contributed by atoms with van der Waals surface area (Å²) in [6.45, 7) is 11.1. The summed E-state index contributed by atoms with van der Waals surface area (Å²) >= 11 is 0. The van der Waals surface area contributed by atoms with E-state index in [-0.39, 0.29) is 11.9 Å². The van der Waals surface area contributed by atoms with Crippen LogP contribution in [0.25, 0.3) is 0 Å². The molecule has 0 radical (unpaired) electrons. The first-order valence-electron chi connectivity index (χ1n) is 10.5. The molecule has 1 aliphatic heterocycles. The number of amides is 1. The second-order valence-corrected chi connectivity index (χ2v) is 8.38. The molecule has 4 heteroatoms. The van der Waals surface area contributed by atoms with Gasteiger partial charge in [0.15, 0.2) is 6.54 Å². The highest BCUT2D eigenvalue weighted by atomic mass is 16.2. The van der Waals surface area contributed by atoms with Crippen LogP contribution in [0.4, 0.5) is 5.69 Å². The first-order chi connectivity index (χ1) is 13.5. The molecule has 0 aliphatic carbocycles. The fraction of sp³-hybridized carbons (Fsp3) is 0.458. The summed E-state index contributed by atoms with van der Waals surface area (Å²) in [5.41, 5.74) is 3.81. The molecule has 1 atom stereocenters. The average molecular weight is 381 g/mol. The van der Waals surface area contributed by atoms with E-state index >= 15 is 0 Å². The molecule has 0 bridgehead atoms. The zero-order chi connectivity index (χ0) is 19.9. The zero-order valence-corrected chi connectivity index (χ0v) is 17.4. The second kappa shape index (κ2) is 9.74. The van der Waals surface area contributed by atoms with Crippen LogP contribution >= 0.6 is 0 Å². The summed E-state index contributed by atoms with van der Waals surface area (Å²) in [5.74, 6) is 0.801. The summed E-state index contributed by atoms with van der Waals surface area (Å²) in [6, 6.07) is 19.2. The van der Waals surface area contributed by atoms with Crippen LogP contribution in [0, 0.1) is 5.92 Å². The molecule has 1 heterocycles. The quantitative estimate of drug-likeness (QED) is 0.774. The molecule has 1 amide bonds.